The first-order chi connectivity index (χ1) is 19.0. The van der Waals surface area contributed by atoms with Gasteiger partial charge in [-0.2, -0.15) is 11.8 Å². The Morgan fingerprint density at radius 1 is 1.17 bits per heavy atom. The van der Waals surface area contributed by atoms with Crippen LogP contribution in [0.25, 0.3) is 11.2 Å². The van der Waals surface area contributed by atoms with E-state index >= 15 is 0 Å². The van der Waals surface area contributed by atoms with Gasteiger partial charge in [0.05, 0.1) is 12.9 Å². The number of fused-ring (bicyclic) bond motifs is 1. The average Bonchev–Trinajstić information content (AvgIpc) is 3.41. The number of halogens is 2. The highest BCUT2D eigenvalue weighted by molar-refractivity contribution is 7.99. The Morgan fingerprint density at radius 3 is 2.46 bits per heavy atom. The first-order valence-electron chi connectivity index (χ1n) is 11.5. The summed E-state index contributed by atoms with van der Waals surface area (Å²) in [6, 6.07) is 0. The summed E-state index contributed by atoms with van der Waals surface area (Å²) in [5.74, 6) is 1.92. The van der Waals surface area contributed by atoms with Crippen LogP contribution < -0.4 is 24.9 Å². The molecule has 17 nitrogen and oxygen atoms in total. The van der Waals surface area contributed by atoms with Crippen molar-refractivity contribution in [2.75, 3.05) is 36.2 Å². The highest BCUT2D eigenvalue weighted by Gasteiger charge is 2.47. The van der Waals surface area contributed by atoms with Crippen molar-refractivity contribution in [3.63, 3.8) is 0 Å². The molecule has 234 valence electrons. The maximum Gasteiger partial charge on any atom is 0.272 e. The number of phosphoric acid groups is 1. The molecule has 3 heterocycles. The van der Waals surface area contributed by atoms with Crippen molar-refractivity contribution in [3.8, 4) is 0 Å². The molecular formula is C17H24Cl2N5O12P3S2-4. The van der Waals surface area contributed by atoms with Gasteiger partial charge in [0.15, 0.2) is 36.0 Å². The van der Waals surface area contributed by atoms with Gasteiger partial charge in [0, 0.05) is 18.1 Å². The van der Waals surface area contributed by atoms with Gasteiger partial charge in [-0.05, 0) is 20.3 Å². The lowest BCUT2D eigenvalue weighted by atomic mass is 10.1. The predicted molar refractivity (Wildman–Crippen MR) is 143 cm³/mol. The van der Waals surface area contributed by atoms with Gasteiger partial charge >= 0.3 is 0 Å². The Balaban J connectivity index is 1.80. The molecule has 2 aromatic heterocycles. The van der Waals surface area contributed by atoms with Crippen LogP contribution in [0.1, 0.15) is 19.6 Å². The number of ether oxygens (including phenoxy) is 1. The van der Waals surface area contributed by atoms with Gasteiger partial charge in [-0.3, -0.25) is 13.4 Å². The second kappa shape index (κ2) is 13.9. The minimum absolute atomic E-state index is 0.230. The molecule has 6 atom stereocenters. The van der Waals surface area contributed by atoms with Gasteiger partial charge < -0.3 is 53.5 Å². The number of hydrogen-bond donors (Lipinski definition) is 3. The number of nitrogens with one attached hydrogen (secondary N) is 1. The number of nitrogens with zero attached hydrogens (tertiary/aromatic N) is 4. The third-order valence-electron chi connectivity index (χ3n) is 5.31. The van der Waals surface area contributed by atoms with Crippen LogP contribution in [0.15, 0.2) is 11.5 Å². The van der Waals surface area contributed by atoms with Gasteiger partial charge in [0.1, 0.15) is 18.3 Å². The van der Waals surface area contributed by atoms with Crippen LogP contribution in [-0.4, -0.2) is 82.8 Å². The third kappa shape index (κ3) is 8.17. The van der Waals surface area contributed by atoms with Crippen LogP contribution in [0.4, 0.5) is 5.82 Å². The molecule has 0 bridgehead atoms. The van der Waals surface area contributed by atoms with Crippen molar-refractivity contribution in [2.45, 2.75) is 46.9 Å². The molecule has 2 unspecified atom stereocenters. The molecule has 1 saturated heterocycles. The molecule has 2 aromatic rings. The highest BCUT2D eigenvalue weighted by Crippen LogP contribution is 2.74. The summed E-state index contributed by atoms with van der Waals surface area (Å²) in [6.45, 7) is 1.44. The number of aliphatic hydroxyl groups excluding tert-OH is 2. The van der Waals surface area contributed by atoms with Crippen molar-refractivity contribution in [1.29, 1.82) is 0 Å². The molecule has 0 radical (unpaired) electrons. The van der Waals surface area contributed by atoms with Gasteiger partial charge in [0.2, 0.25) is 3.82 Å². The van der Waals surface area contributed by atoms with Gasteiger partial charge in [0.25, 0.3) is 7.82 Å². The van der Waals surface area contributed by atoms with Gasteiger partial charge in [-0.1, -0.05) is 41.9 Å². The summed E-state index contributed by atoms with van der Waals surface area (Å²) in [4.78, 5) is 59.4. The summed E-state index contributed by atoms with van der Waals surface area (Å²) < 4.78 is 45.9. The van der Waals surface area contributed by atoms with E-state index in [1.807, 2.05) is 13.2 Å². The lowest BCUT2D eigenvalue weighted by molar-refractivity contribution is -0.315. The zero-order valence-corrected chi connectivity index (χ0v) is 26.9. The van der Waals surface area contributed by atoms with Crippen LogP contribution >= 0.6 is 69.7 Å². The Hall–Kier alpha value is -0.0400. The summed E-state index contributed by atoms with van der Waals surface area (Å²) >= 11 is 13.0. The highest BCUT2D eigenvalue weighted by atomic mass is 35.5. The third-order valence-corrected chi connectivity index (χ3v) is 14.4. The van der Waals surface area contributed by atoms with Crippen LogP contribution in [-0.2, 0) is 27.3 Å². The Morgan fingerprint density at radius 2 is 1.85 bits per heavy atom. The smallest absolute Gasteiger partial charge is 0.272 e. The second-order valence-corrected chi connectivity index (χ2v) is 18.2. The average molecular weight is 718 g/mol. The molecule has 0 aromatic carbocycles. The van der Waals surface area contributed by atoms with Gasteiger partial charge in [-0.25, -0.2) is 15.0 Å². The minimum Gasteiger partial charge on any atom is -0.808 e. The number of anilines is 1. The van der Waals surface area contributed by atoms with Gasteiger partial charge in [-0.15, -0.1) is 0 Å². The van der Waals surface area contributed by atoms with E-state index in [1.54, 1.807) is 11.8 Å². The number of phosphoric ester groups is 1. The summed E-state index contributed by atoms with van der Waals surface area (Å²) in [7, 11) is -18.6. The van der Waals surface area contributed by atoms with E-state index in [0.29, 0.717) is 28.8 Å². The number of thioether (sulfide) groups is 2. The van der Waals surface area contributed by atoms with Crippen molar-refractivity contribution in [1.82, 2.24) is 19.5 Å². The van der Waals surface area contributed by atoms with E-state index < -0.39 is 58.0 Å². The van der Waals surface area contributed by atoms with Crippen molar-refractivity contribution in [2.24, 2.45) is 0 Å². The van der Waals surface area contributed by atoms with E-state index in [-0.39, 0.29) is 5.65 Å². The lowest BCUT2D eigenvalue weighted by Crippen LogP contribution is -2.35. The number of aliphatic hydroxyl groups is 2. The lowest BCUT2D eigenvalue weighted by Gasteiger charge is -2.47. The Kier molecular flexibility index (Phi) is 12.1. The summed E-state index contributed by atoms with van der Waals surface area (Å²) in [6.07, 6.45) is -2.32. The standard InChI is InChI=1S/C17H28Cl2N5O12P3S2/c1-3-5-41-16-22-13(20-4-6-40-2)10-14(23-16)24(8-21-10)15-12(26)11(25)9(35-15)7-34-39(32,33)36-38(30,31)17(18,19)37(27,28)29/h8-9,11-12,15,25-26H,3-7H2,1-2H3,(H,30,31)(H,32,33)(H,20,22,23)(H2,27,28,29)/p-4/t9-,11-,12-,15-/m1/s1. The number of imidazole rings is 1. The largest absolute Gasteiger partial charge is 0.808 e. The van der Waals surface area contributed by atoms with E-state index in [1.165, 1.54) is 22.7 Å². The first-order valence-corrected chi connectivity index (χ1v) is 19.1. The molecule has 1 aliphatic rings. The van der Waals surface area contributed by atoms with Crippen LogP contribution in [0, 0.1) is 0 Å². The predicted octanol–water partition coefficient (Wildman–Crippen LogP) is -0.220. The van der Waals surface area contributed by atoms with Crippen LogP contribution in [0.2, 0.25) is 0 Å². The normalized spacial score (nSPS) is 24.8. The molecular weight excluding hydrogens is 694 g/mol. The molecule has 0 saturated carbocycles. The summed E-state index contributed by atoms with van der Waals surface area (Å²) in [5.41, 5.74) is 0.564. The summed E-state index contributed by atoms with van der Waals surface area (Å²) in [5, 5.41) is 24.7. The van der Waals surface area contributed by atoms with E-state index in [9.17, 15) is 43.5 Å². The molecule has 3 rings (SSSR count). The molecule has 0 spiro atoms. The minimum atomic E-state index is -6.33. The first kappa shape index (κ1) is 35.4. The second-order valence-electron chi connectivity index (χ2n) is 8.32. The molecule has 0 amide bonds. The molecule has 41 heavy (non-hydrogen) atoms. The van der Waals surface area contributed by atoms with Crippen molar-refractivity contribution < 1.29 is 57.1 Å². The monoisotopic (exact) mass is 717 g/mol. The Labute approximate surface area is 252 Å². The SMILES string of the molecule is CCCSc1nc(NCCSC)c2ncn([C@@H]3O[C@H](COP(=O)([O-])OP(=O)([O-])C(Cl)(Cl)P(=O)([O-])[O-])[C@@H](O)[C@H]3O)c2n1. The fraction of sp³-hybridized carbons (Fsp3) is 0.706. The van der Waals surface area contributed by atoms with Crippen molar-refractivity contribution in [3.05, 3.63) is 6.33 Å². The van der Waals surface area contributed by atoms with E-state index in [4.69, 9.17) is 27.9 Å². The molecule has 3 N–H and O–H groups in total. The van der Waals surface area contributed by atoms with E-state index in [0.717, 1.165) is 12.2 Å². The zero-order chi connectivity index (χ0) is 30.8. The van der Waals surface area contributed by atoms with Crippen molar-refractivity contribution >= 4 is 86.7 Å². The number of rotatable bonds is 15. The topological polar surface area (TPSA) is 267 Å². The molecule has 1 aliphatic heterocycles. The molecule has 1 fully saturated rings. The van der Waals surface area contributed by atoms with Crippen LogP contribution in [0.3, 0.4) is 0 Å². The van der Waals surface area contributed by atoms with Crippen LogP contribution in [0.5, 0.6) is 0 Å². The van der Waals surface area contributed by atoms with E-state index in [2.05, 4.69) is 29.1 Å². The quantitative estimate of drug-likeness (QED) is 0.0706. The number of hydrogen-bond acceptors (Lipinski definition) is 18. The molecule has 0 aliphatic carbocycles. The fourth-order valence-electron chi connectivity index (χ4n) is 3.35. The molecule has 24 heteroatoms. The number of aromatic nitrogens is 4. The maximum atomic E-state index is 12.1. The zero-order valence-electron chi connectivity index (χ0n) is 21.1. The Bertz CT molecular complexity index is 1370. The number of alkyl halides is 2. The maximum absolute atomic E-state index is 12.1. The fourth-order valence-corrected chi connectivity index (χ4v) is 8.40.